The van der Waals surface area contributed by atoms with Gasteiger partial charge in [0.15, 0.2) is 5.82 Å². The molecule has 1 heterocycles. The summed E-state index contributed by atoms with van der Waals surface area (Å²) in [6, 6.07) is 12.0. The Morgan fingerprint density at radius 1 is 1.17 bits per heavy atom. The van der Waals surface area contributed by atoms with Crippen LogP contribution in [0.15, 0.2) is 48.5 Å². The zero-order chi connectivity index (χ0) is 16.4. The van der Waals surface area contributed by atoms with Crippen LogP contribution in [0, 0.1) is 10.1 Å². The lowest BCUT2D eigenvalue weighted by atomic mass is 10.3. The van der Waals surface area contributed by atoms with E-state index in [9.17, 15) is 18.9 Å². The largest absolute Gasteiger partial charge is 0.486 e. The van der Waals surface area contributed by atoms with E-state index in [1.54, 1.807) is 24.3 Å². The van der Waals surface area contributed by atoms with Crippen molar-refractivity contribution in [3.05, 3.63) is 64.5 Å². The van der Waals surface area contributed by atoms with E-state index in [0.717, 1.165) is 4.57 Å². The minimum Gasteiger partial charge on any atom is -0.486 e. The summed E-state index contributed by atoms with van der Waals surface area (Å²) in [5.74, 6) is 0.419. The molecule has 0 unspecified atom stereocenters. The number of alkyl halides is 2. The molecule has 0 atom stereocenters. The fraction of sp³-hybridized carbons (Fsp3) is 0.133. The highest BCUT2D eigenvalue weighted by Crippen LogP contribution is 2.24. The smallest absolute Gasteiger partial charge is 0.320 e. The molecule has 0 radical (unpaired) electrons. The second-order valence-electron chi connectivity index (χ2n) is 4.70. The van der Waals surface area contributed by atoms with Gasteiger partial charge in [0, 0.05) is 12.1 Å². The maximum Gasteiger partial charge on any atom is 0.320 e. The average molecular weight is 319 g/mol. The van der Waals surface area contributed by atoms with Crippen LogP contribution in [0.4, 0.5) is 14.5 Å². The van der Waals surface area contributed by atoms with Gasteiger partial charge in [-0.15, -0.1) is 0 Å². The highest BCUT2D eigenvalue weighted by molar-refractivity contribution is 5.75. The molecular weight excluding hydrogens is 308 g/mol. The number of halogens is 2. The number of hydrogen-bond acceptors (Lipinski definition) is 4. The Morgan fingerprint density at radius 3 is 2.52 bits per heavy atom. The third kappa shape index (κ3) is 2.96. The zero-order valence-corrected chi connectivity index (χ0v) is 11.7. The molecule has 6 nitrogen and oxygen atoms in total. The van der Waals surface area contributed by atoms with Gasteiger partial charge in [-0.05, 0) is 24.3 Å². The molecular formula is C15H11F2N3O3. The maximum absolute atomic E-state index is 13.3. The van der Waals surface area contributed by atoms with Crippen molar-refractivity contribution in [3.63, 3.8) is 0 Å². The van der Waals surface area contributed by atoms with Gasteiger partial charge in [-0.2, -0.15) is 8.78 Å². The number of nitro groups is 1. The molecule has 3 aromatic rings. The fourth-order valence-electron chi connectivity index (χ4n) is 2.23. The number of fused-ring (bicyclic) bond motifs is 1. The van der Waals surface area contributed by atoms with Crippen molar-refractivity contribution in [1.29, 1.82) is 0 Å². The molecule has 0 fully saturated rings. The van der Waals surface area contributed by atoms with E-state index < -0.39 is 11.5 Å². The SMILES string of the molecule is O=[N+]([O-])c1ccc(OCc2nc3ccccc3n2C(F)F)cc1. The number of hydrogen-bond donors (Lipinski definition) is 0. The number of ether oxygens (including phenoxy) is 1. The van der Waals surface area contributed by atoms with Crippen molar-refractivity contribution in [2.24, 2.45) is 0 Å². The van der Waals surface area contributed by atoms with E-state index in [4.69, 9.17) is 4.74 Å². The van der Waals surface area contributed by atoms with Gasteiger partial charge in [0.1, 0.15) is 12.4 Å². The molecule has 0 saturated heterocycles. The molecule has 1 aromatic heterocycles. The predicted molar refractivity (Wildman–Crippen MR) is 78.4 cm³/mol. The van der Waals surface area contributed by atoms with Gasteiger partial charge in [0.05, 0.1) is 16.0 Å². The van der Waals surface area contributed by atoms with E-state index in [1.165, 1.54) is 24.3 Å². The number of benzene rings is 2. The Balaban J connectivity index is 1.84. The van der Waals surface area contributed by atoms with Crippen LogP contribution in [0.5, 0.6) is 5.75 Å². The van der Waals surface area contributed by atoms with E-state index in [0.29, 0.717) is 16.8 Å². The average Bonchev–Trinajstić information content (AvgIpc) is 2.91. The topological polar surface area (TPSA) is 70.2 Å². The summed E-state index contributed by atoms with van der Waals surface area (Å²) in [6.07, 6.45) is 0. The van der Waals surface area contributed by atoms with Gasteiger partial charge in [-0.25, -0.2) is 4.98 Å². The quantitative estimate of drug-likeness (QED) is 0.528. The Kier molecular flexibility index (Phi) is 3.88. The molecule has 23 heavy (non-hydrogen) atoms. The number of nitrogens with zero attached hydrogens (tertiary/aromatic N) is 3. The van der Waals surface area contributed by atoms with E-state index >= 15 is 0 Å². The summed E-state index contributed by atoms with van der Waals surface area (Å²) >= 11 is 0. The summed E-state index contributed by atoms with van der Waals surface area (Å²) in [5, 5.41) is 10.6. The van der Waals surface area contributed by atoms with Crippen LogP contribution in [0.2, 0.25) is 0 Å². The third-order valence-corrected chi connectivity index (χ3v) is 3.28. The first-order valence-electron chi connectivity index (χ1n) is 6.67. The zero-order valence-electron chi connectivity index (χ0n) is 11.7. The monoisotopic (exact) mass is 319 g/mol. The Morgan fingerprint density at radius 2 is 1.87 bits per heavy atom. The lowest BCUT2D eigenvalue weighted by Crippen LogP contribution is -2.07. The maximum atomic E-state index is 13.3. The number of para-hydroxylation sites is 2. The summed E-state index contributed by atoms with van der Waals surface area (Å²) < 4.78 is 32.7. The lowest BCUT2D eigenvalue weighted by molar-refractivity contribution is -0.384. The van der Waals surface area contributed by atoms with Crippen molar-refractivity contribution >= 4 is 16.7 Å². The van der Waals surface area contributed by atoms with E-state index in [-0.39, 0.29) is 18.1 Å². The molecule has 0 spiro atoms. The standard InChI is InChI=1S/C15H11F2N3O3/c16-15(17)19-13-4-2-1-3-12(13)18-14(19)9-23-11-7-5-10(6-8-11)20(21)22/h1-8,15H,9H2. The number of imidazole rings is 1. The highest BCUT2D eigenvalue weighted by Gasteiger charge is 2.17. The van der Waals surface area contributed by atoms with Crippen LogP contribution in [0.25, 0.3) is 11.0 Å². The molecule has 0 amide bonds. The van der Waals surface area contributed by atoms with Crippen molar-refractivity contribution in [3.8, 4) is 5.75 Å². The number of nitro benzene ring substituents is 1. The number of rotatable bonds is 5. The van der Waals surface area contributed by atoms with Gasteiger partial charge >= 0.3 is 6.55 Å². The van der Waals surface area contributed by atoms with Gasteiger partial charge < -0.3 is 4.74 Å². The first-order chi connectivity index (χ1) is 11.1. The van der Waals surface area contributed by atoms with Crippen molar-refractivity contribution in [1.82, 2.24) is 9.55 Å². The number of non-ortho nitro benzene ring substituents is 1. The molecule has 0 bridgehead atoms. The molecule has 0 N–H and O–H groups in total. The summed E-state index contributed by atoms with van der Waals surface area (Å²) in [5.41, 5.74) is 0.706. The fourth-order valence-corrected chi connectivity index (χ4v) is 2.23. The van der Waals surface area contributed by atoms with Crippen LogP contribution in [-0.2, 0) is 6.61 Å². The highest BCUT2D eigenvalue weighted by atomic mass is 19.3. The van der Waals surface area contributed by atoms with Crippen LogP contribution >= 0.6 is 0 Å². The first kappa shape index (κ1) is 14.9. The minimum atomic E-state index is -2.74. The molecule has 2 aromatic carbocycles. The summed E-state index contributed by atoms with van der Waals surface area (Å²) in [7, 11) is 0. The van der Waals surface area contributed by atoms with Crippen molar-refractivity contribution < 1.29 is 18.4 Å². The summed E-state index contributed by atoms with van der Waals surface area (Å²) in [6.45, 7) is -2.91. The van der Waals surface area contributed by atoms with Crippen LogP contribution < -0.4 is 4.74 Å². The van der Waals surface area contributed by atoms with Gasteiger partial charge in [-0.3, -0.25) is 14.7 Å². The molecule has 0 aliphatic carbocycles. The summed E-state index contributed by atoms with van der Waals surface area (Å²) in [4.78, 5) is 14.2. The van der Waals surface area contributed by atoms with Crippen LogP contribution in [0.1, 0.15) is 12.4 Å². The molecule has 3 rings (SSSR count). The minimum absolute atomic E-state index is 0.0721. The van der Waals surface area contributed by atoms with Crippen molar-refractivity contribution in [2.75, 3.05) is 0 Å². The van der Waals surface area contributed by atoms with E-state index in [2.05, 4.69) is 4.98 Å². The first-order valence-corrected chi connectivity index (χ1v) is 6.67. The normalized spacial score (nSPS) is 11.1. The molecule has 118 valence electrons. The Bertz CT molecular complexity index is 847. The molecule has 0 aliphatic rings. The third-order valence-electron chi connectivity index (χ3n) is 3.28. The van der Waals surface area contributed by atoms with Gasteiger partial charge in [-0.1, -0.05) is 12.1 Å². The van der Waals surface area contributed by atoms with Crippen LogP contribution in [0.3, 0.4) is 0 Å². The Labute approximate surface area is 129 Å². The molecule has 0 aliphatic heterocycles. The van der Waals surface area contributed by atoms with Gasteiger partial charge in [0.2, 0.25) is 0 Å². The molecule has 8 heteroatoms. The predicted octanol–water partition coefficient (Wildman–Crippen LogP) is 3.92. The molecule has 0 saturated carbocycles. The number of aromatic nitrogens is 2. The van der Waals surface area contributed by atoms with Crippen molar-refractivity contribution in [2.45, 2.75) is 13.2 Å². The second-order valence-corrected chi connectivity index (χ2v) is 4.70. The van der Waals surface area contributed by atoms with Crippen LogP contribution in [-0.4, -0.2) is 14.5 Å². The van der Waals surface area contributed by atoms with Gasteiger partial charge in [0.25, 0.3) is 5.69 Å². The Hall–Kier alpha value is -3.03. The van der Waals surface area contributed by atoms with E-state index in [1.807, 2.05) is 0 Å². The second kappa shape index (κ2) is 5.99. The lowest BCUT2D eigenvalue weighted by Gasteiger charge is -2.09.